The molecule has 0 fully saturated rings. The average molecular weight is 454 g/mol. The summed E-state index contributed by atoms with van der Waals surface area (Å²) in [6, 6.07) is 7.75. The van der Waals surface area contributed by atoms with Crippen LogP contribution in [0.25, 0.3) is 16.7 Å². The van der Waals surface area contributed by atoms with Crippen LogP contribution in [0.2, 0.25) is 0 Å². The molecule has 3 heterocycles. The van der Waals surface area contributed by atoms with E-state index in [1.807, 2.05) is 41.0 Å². The molecule has 8 nitrogen and oxygen atoms in total. The summed E-state index contributed by atoms with van der Waals surface area (Å²) in [5.74, 6) is 3.01. The lowest BCUT2D eigenvalue weighted by Gasteiger charge is -2.13. The van der Waals surface area contributed by atoms with Crippen molar-refractivity contribution < 1.29 is 14.3 Å². The highest BCUT2D eigenvalue weighted by molar-refractivity contribution is 7.10. The molecule has 3 aromatic heterocycles. The summed E-state index contributed by atoms with van der Waals surface area (Å²) in [4.78, 5) is 18.0. The first-order valence-electron chi connectivity index (χ1n) is 10.7. The van der Waals surface area contributed by atoms with Gasteiger partial charge in [-0.1, -0.05) is 12.5 Å². The molecule has 4 rings (SSSR count). The first-order valence-corrected chi connectivity index (χ1v) is 11.5. The Hall–Kier alpha value is -3.20. The minimum atomic E-state index is 0.307. The molecule has 0 bridgehead atoms. The molecule has 1 N–H and O–H groups in total. The fraction of sp³-hybridized carbons (Fsp3) is 0.391. The predicted octanol–water partition coefficient (Wildman–Crippen LogP) is 4.45. The van der Waals surface area contributed by atoms with E-state index in [9.17, 15) is 4.79 Å². The molecular weight excluding hydrogens is 426 g/mol. The molecular formula is C23H27N5O3S. The SMILES string of the molecule is COc1cc2nc(NCCCCCC(=O)Cc3cccs3)c3nnc(C)n3c2cc1OC. The minimum Gasteiger partial charge on any atom is -0.493 e. The van der Waals surface area contributed by atoms with Crippen molar-refractivity contribution in [1.29, 1.82) is 0 Å². The fourth-order valence-electron chi connectivity index (χ4n) is 3.75. The molecule has 168 valence electrons. The van der Waals surface area contributed by atoms with Crippen molar-refractivity contribution in [2.75, 3.05) is 26.1 Å². The number of methoxy groups -OCH3 is 2. The minimum absolute atomic E-state index is 0.307. The Morgan fingerprint density at radius 1 is 1.12 bits per heavy atom. The Kier molecular flexibility index (Phi) is 6.84. The number of anilines is 1. The van der Waals surface area contributed by atoms with Gasteiger partial charge in [-0.15, -0.1) is 21.5 Å². The maximum Gasteiger partial charge on any atom is 0.204 e. The van der Waals surface area contributed by atoms with E-state index in [0.29, 0.717) is 41.6 Å². The highest BCUT2D eigenvalue weighted by Gasteiger charge is 2.16. The number of hydrogen-bond donors (Lipinski definition) is 1. The molecule has 0 saturated carbocycles. The summed E-state index contributed by atoms with van der Waals surface area (Å²) >= 11 is 1.64. The van der Waals surface area contributed by atoms with Gasteiger partial charge in [-0.25, -0.2) is 4.98 Å². The fourth-order valence-corrected chi connectivity index (χ4v) is 4.48. The number of unbranched alkanes of at least 4 members (excludes halogenated alkanes) is 2. The Morgan fingerprint density at radius 2 is 1.94 bits per heavy atom. The van der Waals surface area contributed by atoms with Crippen molar-refractivity contribution in [3.8, 4) is 11.5 Å². The monoisotopic (exact) mass is 453 g/mol. The quantitative estimate of drug-likeness (QED) is 0.336. The van der Waals surface area contributed by atoms with Gasteiger partial charge in [0.25, 0.3) is 0 Å². The van der Waals surface area contributed by atoms with Gasteiger partial charge >= 0.3 is 0 Å². The van der Waals surface area contributed by atoms with E-state index >= 15 is 0 Å². The molecule has 0 amide bonds. The number of nitrogens with one attached hydrogen (secondary N) is 1. The molecule has 0 radical (unpaired) electrons. The van der Waals surface area contributed by atoms with E-state index in [1.165, 1.54) is 0 Å². The number of carbonyl (C=O) groups is 1. The van der Waals surface area contributed by atoms with Gasteiger partial charge in [0.1, 0.15) is 11.6 Å². The van der Waals surface area contributed by atoms with E-state index in [0.717, 1.165) is 47.5 Å². The molecule has 0 unspecified atom stereocenters. The van der Waals surface area contributed by atoms with Crippen molar-refractivity contribution in [3.63, 3.8) is 0 Å². The second-order valence-corrected chi connectivity index (χ2v) is 8.63. The van der Waals surface area contributed by atoms with Crippen LogP contribution in [-0.4, -0.2) is 46.1 Å². The van der Waals surface area contributed by atoms with Gasteiger partial charge in [-0.2, -0.15) is 0 Å². The first-order chi connectivity index (χ1) is 15.6. The third-order valence-electron chi connectivity index (χ3n) is 5.37. The second kappa shape index (κ2) is 9.95. The smallest absolute Gasteiger partial charge is 0.204 e. The molecule has 1 aromatic carbocycles. The normalized spacial score (nSPS) is 11.2. The Balaban J connectivity index is 1.40. The van der Waals surface area contributed by atoms with Gasteiger partial charge in [0, 0.05) is 36.4 Å². The first kappa shape index (κ1) is 22.0. The molecule has 0 spiro atoms. The summed E-state index contributed by atoms with van der Waals surface area (Å²) in [5, 5.41) is 14.0. The third kappa shape index (κ3) is 4.67. The van der Waals surface area contributed by atoms with E-state index in [-0.39, 0.29) is 0 Å². The zero-order valence-corrected chi connectivity index (χ0v) is 19.4. The zero-order valence-electron chi connectivity index (χ0n) is 18.6. The number of ether oxygens (including phenoxy) is 2. The van der Waals surface area contributed by atoms with Crippen molar-refractivity contribution in [2.45, 2.75) is 39.0 Å². The van der Waals surface area contributed by atoms with Crippen molar-refractivity contribution in [3.05, 3.63) is 40.3 Å². The van der Waals surface area contributed by atoms with Gasteiger partial charge in [0.15, 0.2) is 17.3 Å². The number of Topliss-reactive ketones (excluding diaryl/α,β-unsaturated/α-hetero) is 1. The highest BCUT2D eigenvalue weighted by atomic mass is 32.1. The van der Waals surface area contributed by atoms with Gasteiger partial charge in [-0.3, -0.25) is 9.20 Å². The Morgan fingerprint density at radius 3 is 2.69 bits per heavy atom. The maximum atomic E-state index is 12.1. The lowest BCUT2D eigenvalue weighted by atomic mass is 10.1. The van der Waals surface area contributed by atoms with Crippen LogP contribution in [0.15, 0.2) is 29.6 Å². The highest BCUT2D eigenvalue weighted by Crippen LogP contribution is 2.33. The Labute approximate surface area is 190 Å². The standard InChI is InChI=1S/C23H27N5O3S/c1-15-26-27-23-22(24-10-6-4-5-8-16(29)12-17-9-7-11-32-17)25-18-13-20(30-2)21(31-3)14-19(18)28(15)23/h7,9,11,13-14H,4-6,8,10,12H2,1-3H3,(H,24,25). The number of aryl methyl sites for hydroxylation is 1. The van der Waals surface area contributed by atoms with Crippen LogP contribution >= 0.6 is 11.3 Å². The number of thiophene rings is 1. The van der Waals surface area contributed by atoms with Crippen LogP contribution < -0.4 is 14.8 Å². The summed E-state index contributed by atoms with van der Waals surface area (Å²) in [6.45, 7) is 2.65. The second-order valence-electron chi connectivity index (χ2n) is 7.59. The van der Waals surface area contributed by atoms with E-state index in [4.69, 9.17) is 14.5 Å². The average Bonchev–Trinajstić information content (AvgIpc) is 3.45. The zero-order chi connectivity index (χ0) is 22.5. The molecule has 9 heteroatoms. The van der Waals surface area contributed by atoms with Crippen LogP contribution in [0.1, 0.15) is 36.4 Å². The van der Waals surface area contributed by atoms with Gasteiger partial charge in [0.05, 0.1) is 25.3 Å². The number of fused-ring (bicyclic) bond motifs is 3. The number of nitrogens with zero attached hydrogens (tertiary/aromatic N) is 4. The van der Waals surface area contributed by atoms with Crippen molar-refractivity contribution >= 4 is 39.6 Å². The van der Waals surface area contributed by atoms with Crippen LogP contribution in [-0.2, 0) is 11.2 Å². The molecule has 0 saturated heterocycles. The summed E-state index contributed by atoms with van der Waals surface area (Å²) < 4.78 is 12.8. The number of hydrogen-bond acceptors (Lipinski definition) is 8. The van der Waals surface area contributed by atoms with E-state index < -0.39 is 0 Å². The van der Waals surface area contributed by atoms with Gasteiger partial charge in [-0.05, 0) is 31.2 Å². The van der Waals surface area contributed by atoms with E-state index in [1.54, 1.807) is 25.6 Å². The summed E-state index contributed by atoms with van der Waals surface area (Å²) in [5.41, 5.74) is 2.29. The maximum absolute atomic E-state index is 12.1. The van der Waals surface area contributed by atoms with Crippen LogP contribution in [0.3, 0.4) is 0 Å². The lowest BCUT2D eigenvalue weighted by molar-refractivity contribution is -0.118. The summed E-state index contributed by atoms with van der Waals surface area (Å²) in [6.07, 6.45) is 3.99. The summed E-state index contributed by atoms with van der Waals surface area (Å²) in [7, 11) is 3.22. The van der Waals surface area contributed by atoms with Gasteiger partial charge < -0.3 is 14.8 Å². The molecule has 0 aliphatic rings. The van der Waals surface area contributed by atoms with Crippen molar-refractivity contribution in [1.82, 2.24) is 19.6 Å². The van der Waals surface area contributed by atoms with E-state index in [2.05, 4.69) is 15.5 Å². The van der Waals surface area contributed by atoms with Crippen LogP contribution in [0.5, 0.6) is 11.5 Å². The molecule has 0 aliphatic carbocycles. The largest absolute Gasteiger partial charge is 0.493 e. The number of rotatable bonds is 11. The molecule has 4 aromatic rings. The predicted molar refractivity (Wildman–Crippen MR) is 126 cm³/mol. The topological polar surface area (TPSA) is 90.6 Å². The lowest BCUT2D eigenvalue weighted by Crippen LogP contribution is -2.07. The molecule has 0 aliphatic heterocycles. The third-order valence-corrected chi connectivity index (χ3v) is 6.24. The van der Waals surface area contributed by atoms with Gasteiger partial charge in [0.2, 0.25) is 5.65 Å². The molecule has 0 atom stereocenters. The number of ketones is 1. The number of benzene rings is 1. The van der Waals surface area contributed by atoms with Crippen LogP contribution in [0.4, 0.5) is 5.82 Å². The number of carbonyl (C=O) groups excluding carboxylic acids is 1. The molecule has 32 heavy (non-hydrogen) atoms. The van der Waals surface area contributed by atoms with Crippen LogP contribution in [0, 0.1) is 6.92 Å². The van der Waals surface area contributed by atoms with Crippen molar-refractivity contribution in [2.24, 2.45) is 0 Å². The number of aromatic nitrogens is 4. The Bertz CT molecular complexity index is 1220.